The monoisotopic (exact) mass is 361 g/mol. The Balaban J connectivity index is 1.94. The van der Waals surface area contributed by atoms with Crippen molar-refractivity contribution in [2.24, 2.45) is 17.8 Å². The van der Waals surface area contributed by atoms with Crippen molar-refractivity contribution in [3.05, 3.63) is 45.0 Å². The summed E-state index contributed by atoms with van der Waals surface area (Å²) in [5.74, 6) is -2.46. The third kappa shape index (κ3) is 4.74. The van der Waals surface area contributed by atoms with Gasteiger partial charge in [0.05, 0.1) is 6.42 Å². The Kier molecular flexibility index (Phi) is 6.23. The van der Waals surface area contributed by atoms with E-state index in [2.05, 4.69) is 0 Å². The zero-order valence-electron chi connectivity index (χ0n) is 15.2. The van der Waals surface area contributed by atoms with Gasteiger partial charge in [0.25, 0.3) is 0 Å². The van der Waals surface area contributed by atoms with E-state index in [0.717, 1.165) is 11.1 Å². The van der Waals surface area contributed by atoms with Crippen molar-refractivity contribution in [1.29, 1.82) is 0 Å². The van der Waals surface area contributed by atoms with E-state index in [1.54, 1.807) is 13.0 Å². The molecule has 1 aromatic rings. The number of nitro groups is 1. The molecule has 1 saturated carbocycles. The summed E-state index contributed by atoms with van der Waals surface area (Å²) >= 11 is 0. The molecule has 1 aromatic carbocycles. The number of carbonyl (C=O) groups is 3. The van der Waals surface area contributed by atoms with Gasteiger partial charge in [-0.3, -0.25) is 24.5 Å². The molecule has 26 heavy (non-hydrogen) atoms. The Morgan fingerprint density at radius 3 is 2.62 bits per heavy atom. The molecule has 3 atom stereocenters. The summed E-state index contributed by atoms with van der Waals surface area (Å²) in [6.07, 6.45) is 0.0137. The average molecular weight is 361 g/mol. The van der Waals surface area contributed by atoms with Gasteiger partial charge in [0, 0.05) is 28.7 Å². The molecule has 0 aliphatic heterocycles. The molecule has 2 rings (SSSR count). The third-order valence-electron chi connectivity index (χ3n) is 4.98. The lowest BCUT2D eigenvalue weighted by Crippen LogP contribution is -2.28. The van der Waals surface area contributed by atoms with Crippen molar-refractivity contribution in [2.75, 3.05) is 13.2 Å². The Labute approximate surface area is 151 Å². The van der Waals surface area contributed by atoms with Crippen molar-refractivity contribution in [3.8, 4) is 0 Å². The van der Waals surface area contributed by atoms with Crippen molar-refractivity contribution in [1.82, 2.24) is 0 Å². The topological polar surface area (TPSA) is 104 Å². The number of nitrogens with zero attached hydrogens (tertiary/aromatic N) is 1. The summed E-state index contributed by atoms with van der Waals surface area (Å²) < 4.78 is 5.03. The minimum absolute atomic E-state index is 0.137. The highest BCUT2D eigenvalue weighted by Crippen LogP contribution is 2.36. The number of carbonyl (C=O) groups excluding carboxylic acids is 3. The van der Waals surface area contributed by atoms with Gasteiger partial charge in [-0.05, 0) is 25.3 Å². The highest BCUT2D eigenvalue weighted by atomic mass is 16.6. The molecule has 0 spiro atoms. The van der Waals surface area contributed by atoms with Crippen LogP contribution in [0.3, 0.4) is 0 Å². The van der Waals surface area contributed by atoms with Crippen LogP contribution in [-0.4, -0.2) is 35.6 Å². The summed E-state index contributed by atoms with van der Waals surface area (Å²) in [5, 5.41) is 10.8. The fourth-order valence-electron chi connectivity index (χ4n) is 3.59. The fourth-order valence-corrected chi connectivity index (χ4v) is 3.59. The van der Waals surface area contributed by atoms with E-state index in [1.807, 2.05) is 26.0 Å². The molecule has 1 aliphatic rings. The first-order valence-electron chi connectivity index (χ1n) is 8.59. The highest BCUT2D eigenvalue weighted by molar-refractivity contribution is 5.99. The standard InChI is InChI=1S/C19H23NO6/c1-11-4-5-14(12(2)6-11)18(22)10-26-19(23)8-15-16(9-20(24)25)13(3)7-17(15)21/h4-6,13,15-16H,7-10H2,1-3H3/t13-,15+,16-/m1/s1. The number of aryl methyl sites for hydroxylation is 2. The third-order valence-corrected chi connectivity index (χ3v) is 4.98. The van der Waals surface area contributed by atoms with Gasteiger partial charge < -0.3 is 4.74 Å². The molecule has 140 valence electrons. The van der Waals surface area contributed by atoms with E-state index in [4.69, 9.17) is 4.74 Å². The molecular weight excluding hydrogens is 338 g/mol. The average Bonchev–Trinajstić information content (AvgIpc) is 2.79. The maximum atomic E-state index is 12.2. The minimum atomic E-state index is -0.709. The van der Waals surface area contributed by atoms with E-state index in [9.17, 15) is 24.5 Å². The predicted molar refractivity (Wildman–Crippen MR) is 93.5 cm³/mol. The quantitative estimate of drug-likeness (QED) is 0.320. The van der Waals surface area contributed by atoms with E-state index in [-0.39, 0.29) is 36.9 Å². The van der Waals surface area contributed by atoms with Gasteiger partial charge in [0.15, 0.2) is 6.61 Å². The molecule has 0 saturated heterocycles. The molecule has 1 aliphatic carbocycles. The Morgan fingerprint density at radius 1 is 1.31 bits per heavy atom. The summed E-state index contributed by atoms with van der Waals surface area (Å²) in [5.41, 5.74) is 2.32. The molecule has 0 unspecified atom stereocenters. The fraction of sp³-hybridized carbons (Fsp3) is 0.526. The number of hydrogen-bond acceptors (Lipinski definition) is 6. The summed E-state index contributed by atoms with van der Waals surface area (Å²) in [6.45, 7) is 4.76. The molecule has 7 heteroatoms. The summed E-state index contributed by atoms with van der Waals surface area (Å²) in [7, 11) is 0. The second kappa shape index (κ2) is 8.21. The van der Waals surface area contributed by atoms with Crippen molar-refractivity contribution >= 4 is 17.5 Å². The summed E-state index contributed by atoms with van der Waals surface area (Å²) in [6, 6.07) is 5.37. The van der Waals surface area contributed by atoms with Gasteiger partial charge in [-0.1, -0.05) is 30.7 Å². The number of esters is 1. The number of rotatable bonds is 7. The first-order chi connectivity index (χ1) is 12.2. The summed E-state index contributed by atoms with van der Waals surface area (Å²) in [4.78, 5) is 46.7. The van der Waals surface area contributed by atoms with E-state index in [0.29, 0.717) is 5.56 Å². The van der Waals surface area contributed by atoms with Gasteiger partial charge >= 0.3 is 5.97 Å². The van der Waals surface area contributed by atoms with E-state index < -0.39 is 29.3 Å². The Hall–Kier alpha value is -2.57. The molecule has 0 amide bonds. The number of ether oxygens (including phenoxy) is 1. The van der Waals surface area contributed by atoms with Gasteiger partial charge in [-0.25, -0.2) is 0 Å². The molecule has 0 heterocycles. The van der Waals surface area contributed by atoms with Crippen LogP contribution in [0.4, 0.5) is 0 Å². The number of Topliss-reactive ketones (excluding diaryl/α,β-unsaturated/α-hetero) is 2. The smallest absolute Gasteiger partial charge is 0.306 e. The van der Waals surface area contributed by atoms with E-state index in [1.165, 1.54) is 0 Å². The maximum absolute atomic E-state index is 12.2. The van der Waals surface area contributed by atoms with Crippen LogP contribution in [0, 0.1) is 41.7 Å². The molecule has 0 aromatic heterocycles. The lowest BCUT2D eigenvalue weighted by Gasteiger charge is -2.17. The lowest BCUT2D eigenvalue weighted by molar-refractivity contribution is -0.490. The second-order valence-corrected chi connectivity index (χ2v) is 7.04. The number of ketones is 2. The zero-order chi connectivity index (χ0) is 19.4. The molecule has 1 fully saturated rings. The molecule has 0 radical (unpaired) electrons. The normalized spacial score (nSPS) is 22.3. The van der Waals surface area contributed by atoms with Gasteiger partial charge in [0.1, 0.15) is 5.78 Å². The SMILES string of the molecule is Cc1ccc(C(=O)COC(=O)C[C@@H]2C(=O)C[C@@H](C)[C@H]2C[N+](=O)[O-])c(C)c1. The molecular formula is C19H23NO6. The van der Waals surface area contributed by atoms with Gasteiger partial charge in [-0.15, -0.1) is 0 Å². The maximum Gasteiger partial charge on any atom is 0.306 e. The zero-order valence-corrected chi connectivity index (χ0v) is 15.2. The van der Waals surface area contributed by atoms with Crippen LogP contribution in [0.15, 0.2) is 18.2 Å². The largest absolute Gasteiger partial charge is 0.457 e. The number of benzene rings is 1. The van der Waals surface area contributed by atoms with Crippen molar-refractivity contribution in [2.45, 2.75) is 33.6 Å². The first kappa shape index (κ1) is 19.8. The predicted octanol–water partition coefficient (Wildman–Crippen LogP) is 2.54. The van der Waals surface area contributed by atoms with Gasteiger partial charge in [-0.2, -0.15) is 0 Å². The van der Waals surface area contributed by atoms with Crippen LogP contribution < -0.4 is 0 Å². The molecule has 7 nitrogen and oxygen atoms in total. The minimum Gasteiger partial charge on any atom is -0.457 e. The highest BCUT2D eigenvalue weighted by Gasteiger charge is 2.44. The lowest BCUT2D eigenvalue weighted by atomic mass is 9.88. The van der Waals surface area contributed by atoms with Crippen LogP contribution in [0.1, 0.15) is 41.3 Å². The Bertz CT molecular complexity index is 742. The van der Waals surface area contributed by atoms with Crippen LogP contribution in [0.2, 0.25) is 0 Å². The van der Waals surface area contributed by atoms with Gasteiger partial charge in [0.2, 0.25) is 12.3 Å². The number of hydrogen-bond donors (Lipinski definition) is 0. The van der Waals surface area contributed by atoms with Crippen molar-refractivity contribution in [3.63, 3.8) is 0 Å². The second-order valence-electron chi connectivity index (χ2n) is 7.04. The van der Waals surface area contributed by atoms with Crippen LogP contribution in [-0.2, 0) is 14.3 Å². The first-order valence-corrected chi connectivity index (χ1v) is 8.59. The van der Waals surface area contributed by atoms with Crippen LogP contribution in [0.25, 0.3) is 0 Å². The van der Waals surface area contributed by atoms with Crippen molar-refractivity contribution < 1.29 is 24.0 Å². The van der Waals surface area contributed by atoms with Crippen LogP contribution in [0.5, 0.6) is 0 Å². The molecule has 0 N–H and O–H groups in total. The van der Waals surface area contributed by atoms with Crippen LogP contribution >= 0.6 is 0 Å². The molecule has 0 bridgehead atoms. The Morgan fingerprint density at radius 2 is 2.00 bits per heavy atom. The van der Waals surface area contributed by atoms with E-state index >= 15 is 0 Å².